The highest BCUT2D eigenvalue weighted by molar-refractivity contribution is 7.89. The molecule has 0 radical (unpaired) electrons. The molecule has 0 fully saturated rings. The average Bonchev–Trinajstić information content (AvgIpc) is 2.37. The Labute approximate surface area is 121 Å². The van der Waals surface area contributed by atoms with Crippen LogP contribution in [0, 0.1) is 0 Å². The van der Waals surface area contributed by atoms with Crippen molar-refractivity contribution in [2.24, 2.45) is 10.3 Å². The minimum absolute atomic E-state index is 0.0448. The molecule has 2 aromatic rings. The van der Waals surface area contributed by atoms with Crippen molar-refractivity contribution in [1.29, 1.82) is 0 Å². The molecule has 0 saturated carbocycles. The van der Waals surface area contributed by atoms with Crippen LogP contribution in [0.15, 0.2) is 52.4 Å². The van der Waals surface area contributed by atoms with E-state index in [-0.39, 0.29) is 15.6 Å². The van der Waals surface area contributed by atoms with E-state index in [1.54, 1.807) is 0 Å². The van der Waals surface area contributed by atoms with E-state index in [0.29, 0.717) is 5.69 Å². The molecular weight excluding hydrogens is 316 g/mol. The lowest BCUT2D eigenvalue weighted by Gasteiger charge is -2.09. The lowest BCUT2D eigenvalue weighted by atomic mass is 10.3. The van der Waals surface area contributed by atoms with Gasteiger partial charge in [-0.2, -0.15) is 0 Å². The van der Waals surface area contributed by atoms with E-state index in [9.17, 15) is 16.8 Å². The fourth-order valence-electron chi connectivity index (χ4n) is 1.58. The van der Waals surface area contributed by atoms with Crippen LogP contribution in [-0.4, -0.2) is 21.8 Å². The molecule has 5 N–H and O–H groups in total. The molecule has 112 valence electrons. The van der Waals surface area contributed by atoms with E-state index in [1.807, 2.05) is 0 Å². The second-order valence-electron chi connectivity index (χ2n) is 4.09. The van der Waals surface area contributed by atoms with E-state index in [1.165, 1.54) is 42.6 Å². The van der Waals surface area contributed by atoms with Gasteiger partial charge in [0.1, 0.15) is 4.90 Å². The topological polar surface area (TPSA) is 145 Å². The highest BCUT2D eigenvalue weighted by atomic mass is 32.2. The molecular formula is C11H12N4O4S2. The van der Waals surface area contributed by atoms with Gasteiger partial charge < -0.3 is 5.32 Å². The molecule has 0 spiro atoms. The number of nitrogens with two attached hydrogens (primary N) is 2. The van der Waals surface area contributed by atoms with Crippen molar-refractivity contribution in [1.82, 2.24) is 4.98 Å². The summed E-state index contributed by atoms with van der Waals surface area (Å²) in [6.45, 7) is 0. The molecule has 0 atom stereocenters. The summed E-state index contributed by atoms with van der Waals surface area (Å²) < 4.78 is 45.1. The lowest BCUT2D eigenvalue weighted by Crippen LogP contribution is -2.15. The second kappa shape index (κ2) is 5.41. The van der Waals surface area contributed by atoms with Crippen LogP contribution in [-0.2, 0) is 20.0 Å². The molecule has 0 aliphatic carbocycles. The van der Waals surface area contributed by atoms with Crippen molar-refractivity contribution in [3.8, 4) is 0 Å². The molecule has 0 aliphatic heterocycles. The van der Waals surface area contributed by atoms with E-state index in [2.05, 4.69) is 10.3 Å². The van der Waals surface area contributed by atoms with Crippen LogP contribution >= 0.6 is 0 Å². The maximum Gasteiger partial charge on any atom is 0.241 e. The zero-order valence-electron chi connectivity index (χ0n) is 10.6. The number of aromatic nitrogens is 1. The molecule has 8 nitrogen and oxygen atoms in total. The molecule has 0 amide bonds. The normalized spacial score (nSPS) is 12.1. The minimum Gasteiger partial charge on any atom is -0.339 e. The van der Waals surface area contributed by atoms with Gasteiger partial charge in [-0.3, -0.25) is 0 Å². The summed E-state index contributed by atoms with van der Waals surface area (Å²) in [4.78, 5) is 3.68. The molecule has 0 unspecified atom stereocenters. The van der Waals surface area contributed by atoms with Gasteiger partial charge in [0.15, 0.2) is 5.82 Å². The first-order valence-corrected chi connectivity index (χ1v) is 8.65. The number of nitrogens with one attached hydrogen (secondary N) is 1. The van der Waals surface area contributed by atoms with E-state index in [0.717, 1.165) is 0 Å². The SMILES string of the molecule is NS(=O)(=O)c1ccc(Nc2ncccc2S(N)(=O)=O)cc1. The van der Waals surface area contributed by atoms with E-state index < -0.39 is 20.0 Å². The van der Waals surface area contributed by atoms with Crippen LogP contribution in [0.2, 0.25) is 0 Å². The van der Waals surface area contributed by atoms with E-state index >= 15 is 0 Å². The standard InChI is InChI=1S/C11H12N4O4S2/c12-20(16,17)9-5-3-8(4-6-9)15-11-10(21(13,18)19)2-1-7-14-11/h1-7H,(H,14,15)(H2,12,16,17)(H2,13,18,19). The minimum atomic E-state index is -3.93. The van der Waals surface area contributed by atoms with Crippen molar-refractivity contribution < 1.29 is 16.8 Å². The third-order valence-electron chi connectivity index (χ3n) is 2.52. The number of benzene rings is 1. The summed E-state index contributed by atoms with van der Waals surface area (Å²) in [7, 11) is -7.71. The second-order valence-corrected chi connectivity index (χ2v) is 7.18. The Morgan fingerprint density at radius 3 is 2.05 bits per heavy atom. The van der Waals surface area contributed by atoms with Crippen molar-refractivity contribution >= 4 is 31.6 Å². The molecule has 0 saturated heterocycles. The van der Waals surface area contributed by atoms with Crippen LogP contribution in [0.3, 0.4) is 0 Å². The molecule has 1 aromatic heterocycles. The van der Waals surface area contributed by atoms with Crippen LogP contribution in [0.5, 0.6) is 0 Å². The van der Waals surface area contributed by atoms with Gasteiger partial charge in [0, 0.05) is 11.9 Å². The number of pyridine rings is 1. The van der Waals surface area contributed by atoms with Crippen LogP contribution in [0.1, 0.15) is 0 Å². The largest absolute Gasteiger partial charge is 0.339 e. The zero-order valence-corrected chi connectivity index (χ0v) is 12.2. The number of hydrogen-bond donors (Lipinski definition) is 3. The number of anilines is 2. The molecule has 1 heterocycles. The zero-order chi connectivity index (χ0) is 15.7. The Bertz CT molecular complexity index is 861. The highest BCUT2D eigenvalue weighted by Crippen LogP contribution is 2.22. The van der Waals surface area contributed by atoms with Crippen LogP contribution in [0.25, 0.3) is 0 Å². The third kappa shape index (κ3) is 3.76. The van der Waals surface area contributed by atoms with Gasteiger partial charge >= 0.3 is 0 Å². The molecule has 0 aliphatic rings. The van der Waals surface area contributed by atoms with Crippen molar-refractivity contribution in [3.05, 3.63) is 42.6 Å². The molecule has 21 heavy (non-hydrogen) atoms. The first-order chi connectivity index (χ1) is 9.68. The lowest BCUT2D eigenvalue weighted by molar-refractivity contribution is 0.596. The van der Waals surface area contributed by atoms with Crippen molar-refractivity contribution in [3.63, 3.8) is 0 Å². The van der Waals surface area contributed by atoms with Gasteiger partial charge in [-0.25, -0.2) is 32.1 Å². The third-order valence-corrected chi connectivity index (χ3v) is 4.39. The summed E-state index contributed by atoms with van der Waals surface area (Å²) >= 11 is 0. The first kappa shape index (κ1) is 15.4. The number of primary sulfonamides is 2. The highest BCUT2D eigenvalue weighted by Gasteiger charge is 2.15. The van der Waals surface area contributed by atoms with E-state index in [4.69, 9.17) is 10.3 Å². The summed E-state index contributed by atoms with van der Waals surface area (Å²) in [6, 6.07) is 8.19. The number of nitrogens with zero attached hydrogens (tertiary/aromatic N) is 1. The average molecular weight is 328 g/mol. The Hall–Kier alpha value is -2.01. The Morgan fingerprint density at radius 2 is 1.52 bits per heavy atom. The van der Waals surface area contributed by atoms with Gasteiger partial charge in [-0.15, -0.1) is 0 Å². The maximum absolute atomic E-state index is 11.4. The van der Waals surface area contributed by atoms with Gasteiger partial charge in [-0.1, -0.05) is 0 Å². The van der Waals surface area contributed by atoms with Crippen molar-refractivity contribution in [2.45, 2.75) is 9.79 Å². The van der Waals surface area contributed by atoms with Gasteiger partial charge in [0.2, 0.25) is 20.0 Å². The number of hydrogen-bond acceptors (Lipinski definition) is 6. The van der Waals surface area contributed by atoms with Gasteiger partial charge in [0.05, 0.1) is 4.90 Å². The number of rotatable bonds is 4. The Morgan fingerprint density at radius 1 is 0.905 bits per heavy atom. The predicted molar refractivity (Wildman–Crippen MR) is 76.7 cm³/mol. The quantitative estimate of drug-likeness (QED) is 0.726. The summed E-state index contributed by atoms with van der Waals surface area (Å²) in [5.41, 5.74) is 0.436. The molecule has 0 bridgehead atoms. The predicted octanol–water partition coefficient (Wildman–Crippen LogP) is 0.120. The molecule has 10 heteroatoms. The fraction of sp³-hybridized carbons (Fsp3) is 0. The van der Waals surface area contributed by atoms with Crippen LogP contribution in [0.4, 0.5) is 11.5 Å². The van der Waals surface area contributed by atoms with Crippen LogP contribution < -0.4 is 15.6 Å². The Balaban J connectivity index is 2.36. The summed E-state index contributed by atoms with van der Waals surface area (Å²) in [5.74, 6) is 0.0448. The fourth-order valence-corrected chi connectivity index (χ4v) is 2.74. The maximum atomic E-state index is 11.4. The smallest absolute Gasteiger partial charge is 0.241 e. The number of sulfonamides is 2. The van der Waals surface area contributed by atoms with Gasteiger partial charge in [-0.05, 0) is 36.4 Å². The van der Waals surface area contributed by atoms with Crippen molar-refractivity contribution in [2.75, 3.05) is 5.32 Å². The molecule has 1 aromatic carbocycles. The first-order valence-electron chi connectivity index (χ1n) is 5.55. The molecule has 2 rings (SSSR count). The van der Waals surface area contributed by atoms with Gasteiger partial charge in [0.25, 0.3) is 0 Å². The summed E-state index contributed by atoms with van der Waals surface area (Å²) in [5, 5.41) is 12.8. The Kier molecular flexibility index (Phi) is 3.96. The summed E-state index contributed by atoms with van der Waals surface area (Å²) in [6.07, 6.45) is 1.40. The monoisotopic (exact) mass is 328 g/mol.